The number of hydrogen-bond donors (Lipinski definition) is 1. The van der Waals surface area contributed by atoms with Gasteiger partial charge in [0, 0.05) is 24.5 Å². The number of morpholine rings is 1. The fourth-order valence-electron chi connectivity index (χ4n) is 2.07. The second-order valence-corrected chi connectivity index (χ2v) is 4.49. The Hall–Kier alpha value is -1.69. The maximum Gasteiger partial charge on any atom is 0.306 e. The van der Waals surface area contributed by atoms with E-state index in [1.807, 2.05) is 24.8 Å². The molecule has 0 aromatic carbocycles. The maximum atomic E-state index is 10.7. The minimum absolute atomic E-state index is 0.0152. The van der Waals surface area contributed by atoms with Gasteiger partial charge in [0.2, 0.25) is 5.95 Å². The number of rotatable bonds is 3. The van der Waals surface area contributed by atoms with Crippen molar-refractivity contribution in [3.63, 3.8) is 0 Å². The van der Waals surface area contributed by atoms with Crippen molar-refractivity contribution in [1.29, 1.82) is 0 Å². The summed E-state index contributed by atoms with van der Waals surface area (Å²) in [6.45, 7) is 5.57. The van der Waals surface area contributed by atoms with Crippen LogP contribution in [-0.4, -0.2) is 46.8 Å². The van der Waals surface area contributed by atoms with Gasteiger partial charge in [-0.25, -0.2) is 9.97 Å². The molecule has 0 aliphatic carbocycles. The summed E-state index contributed by atoms with van der Waals surface area (Å²) < 4.78 is 5.42. The maximum absolute atomic E-state index is 10.7. The van der Waals surface area contributed by atoms with Crippen LogP contribution >= 0.6 is 0 Å². The van der Waals surface area contributed by atoms with Crippen LogP contribution in [0.4, 0.5) is 5.95 Å². The Kier molecular flexibility index (Phi) is 3.76. The summed E-state index contributed by atoms with van der Waals surface area (Å²) in [5.74, 6) is -0.186. The Morgan fingerprint density at radius 2 is 2.17 bits per heavy atom. The van der Waals surface area contributed by atoms with E-state index in [1.165, 1.54) is 0 Å². The zero-order valence-corrected chi connectivity index (χ0v) is 10.6. The Morgan fingerprint density at radius 3 is 2.78 bits per heavy atom. The minimum Gasteiger partial charge on any atom is -0.481 e. The smallest absolute Gasteiger partial charge is 0.306 e. The molecule has 1 aromatic rings. The Bertz CT molecular complexity index is 430. The van der Waals surface area contributed by atoms with Crippen LogP contribution in [0.1, 0.15) is 17.8 Å². The highest BCUT2D eigenvalue weighted by Gasteiger charge is 2.24. The summed E-state index contributed by atoms with van der Waals surface area (Å²) in [7, 11) is 0. The predicted molar refractivity (Wildman–Crippen MR) is 65.7 cm³/mol. The number of carbonyl (C=O) groups is 1. The van der Waals surface area contributed by atoms with Gasteiger partial charge in [-0.05, 0) is 19.9 Å². The zero-order valence-electron chi connectivity index (χ0n) is 10.6. The summed E-state index contributed by atoms with van der Waals surface area (Å²) in [6, 6.07) is 1.92. The number of hydrogen-bond acceptors (Lipinski definition) is 5. The van der Waals surface area contributed by atoms with Gasteiger partial charge >= 0.3 is 5.97 Å². The molecule has 0 spiro atoms. The van der Waals surface area contributed by atoms with E-state index < -0.39 is 5.97 Å². The SMILES string of the molecule is Cc1cc(C)nc(N2CCOC(CC(=O)O)C2)n1. The molecule has 2 rings (SSSR count). The predicted octanol–water partition coefficient (Wildman–Crippen LogP) is 0.773. The third-order valence-corrected chi connectivity index (χ3v) is 2.79. The van der Waals surface area contributed by atoms with Crippen molar-refractivity contribution >= 4 is 11.9 Å². The normalized spacial score (nSPS) is 19.9. The molecule has 1 unspecified atom stereocenters. The van der Waals surface area contributed by atoms with Crippen LogP contribution in [0.15, 0.2) is 6.07 Å². The highest BCUT2D eigenvalue weighted by molar-refractivity contribution is 5.67. The number of carboxylic acid groups (broad SMARTS) is 1. The van der Waals surface area contributed by atoms with Gasteiger partial charge in [0.25, 0.3) is 0 Å². The van der Waals surface area contributed by atoms with Gasteiger partial charge in [0.1, 0.15) is 0 Å². The van der Waals surface area contributed by atoms with Crippen LogP contribution < -0.4 is 4.90 Å². The molecule has 2 heterocycles. The molecule has 1 aromatic heterocycles. The molecule has 0 radical (unpaired) electrons. The lowest BCUT2D eigenvalue weighted by molar-refractivity contribution is -0.140. The molecule has 6 nitrogen and oxygen atoms in total. The monoisotopic (exact) mass is 251 g/mol. The van der Waals surface area contributed by atoms with E-state index in [0.29, 0.717) is 25.6 Å². The van der Waals surface area contributed by atoms with Gasteiger partial charge in [-0.15, -0.1) is 0 Å². The lowest BCUT2D eigenvalue weighted by Gasteiger charge is -2.32. The molecule has 1 N–H and O–H groups in total. The number of nitrogens with zero attached hydrogens (tertiary/aromatic N) is 3. The van der Waals surface area contributed by atoms with E-state index >= 15 is 0 Å². The van der Waals surface area contributed by atoms with Gasteiger partial charge in [-0.2, -0.15) is 0 Å². The molecule has 0 bridgehead atoms. The zero-order chi connectivity index (χ0) is 13.1. The second-order valence-electron chi connectivity index (χ2n) is 4.49. The first kappa shape index (κ1) is 12.8. The summed E-state index contributed by atoms with van der Waals surface area (Å²) in [6.07, 6.45) is -0.276. The van der Waals surface area contributed by atoms with Crippen molar-refractivity contribution in [3.05, 3.63) is 17.5 Å². The molecule has 18 heavy (non-hydrogen) atoms. The number of anilines is 1. The van der Waals surface area contributed by atoms with E-state index in [1.54, 1.807) is 0 Å². The van der Waals surface area contributed by atoms with Crippen LogP contribution in [0, 0.1) is 13.8 Å². The van der Waals surface area contributed by atoms with Crippen molar-refractivity contribution < 1.29 is 14.6 Å². The van der Waals surface area contributed by atoms with Crippen molar-refractivity contribution in [2.24, 2.45) is 0 Å². The van der Waals surface area contributed by atoms with Crippen molar-refractivity contribution in [3.8, 4) is 0 Å². The van der Waals surface area contributed by atoms with Crippen LogP contribution in [0.5, 0.6) is 0 Å². The average molecular weight is 251 g/mol. The molecule has 98 valence electrons. The van der Waals surface area contributed by atoms with E-state index in [4.69, 9.17) is 9.84 Å². The topological polar surface area (TPSA) is 75.6 Å². The molecule has 1 fully saturated rings. The number of aliphatic carboxylic acids is 1. The van der Waals surface area contributed by atoms with Crippen molar-refractivity contribution in [2.45, 2.75) is 26.4 Å². The lowest BCUT2D eigenvalue weighted by Crippen LogP contribution is -2.44. The standard InChI is InChI=1S/C12H17N3O3/c1-8-5-9(2)14-12(13-8)15-3-4-18-10(7-15)6-11(16)17/h5,10H,3-4,6-7H2,1-2H3,(H,16,17). The first-order chi connectivity index (χ1) is 8.54. The summed E-state index contributed by atoms with van der Waals surface area (Å²) >= 11 is 0. The van der Waals surface area contributed by atoms with Crippen molar-refractivity contribution in [2.75, 3.05) is 24.6 Å². The van der Waals surface area contributed by atoms with Crippen LogP contribution in [0.2, 0.25) is 0 Å². The van der Waals surface area contributed by atoms with Gasteiger partial charge < -0.3 is 14.7 Å². The average Bonchev–Trinajstić information content (AvgIpc) is 2.27. The highest BCUT2D eigenvalue weighted by atomic mass is 16.5. The fourth-order valence-corrected chi connectivity index (χ4v) is 2.07. The Labute approximate surface area is 106 Å². The summed E-state index contributed by atoms with van der Waals surface area (Å²) in [5.41, 5.74) is 1.83. The molecule has 1 aliphatic rings. The third kappa shape index (κ3) is 3.16. The largest absolute Gasteiger partial charge is 0.481 e. The molecular weight excluding hydrogens is 234 g/mol. The molecule has 1 atom stereocenters. The number of aryl methyl sites for hydroxylation is 2. The lowest BCUT2D eigenvalue weighted by atomic mass is 10.2. The Balaban J connectivity index is 2.10. The van der Waals surface area contributed by atoms with Gasteiger partial charge in [-0.1, -0.05) is 0 Å². The number of aromatic nitrogens is 2. The van der Waals surface area contributed by atoms with E-state index in [0.717, 1.165) is 11.4 Å². The van der Waals surface area contributed by atoms with Crippen LogP contribution in [0.25, 0.3) is 0 Å². The second kappa shape index (κ2) is 5.30. The van der Waals surface area contributed by atoms with Gasteiger partial charge in [-0.3, -0.25) is 4.79 Å². The van der Waals surface area contributed by atoms with Crippen molar-refractivity contribution in [1.82, 2.24) is 9.97 Å². The molecule has 6 heteroatoms. The van der Waals surface area contributed by atoms with E-state index in [2.05, 4.69) is 9.97 Å². The molecule has 0 saturated carbocycles. The molecule has 1 aliphatic heterocycles. The summed E-state index contributed by atoms with van der Waals surface area (Å²) in [4.78, 5) is 21.4. The first-order valence-corrected chi connectivity index (χ1v) is 5.95. The number of carboxylic acids is 1. The van der Waals surface area contributed by atoms with Gasteiger partial charge in [0.05, 0.1) is 19.1 Å². The highest BCUT2D eigenvalue weighted by Crippen LogP contribution is 2.15. The molecule has 0 amide bonds. The molecular formula is C12H17N3O3. The minimum atomic E-state index is -0.844. The van der Waals surface area contributed by atoms with Crippen LogP contribution in [-0.2, 0) is 9.53 Å². The van der Waals surface area contributed by atoms with Gasteiger partial charge in [0.15, 0.2) is 0 Å². The summed E-state index contributed by atoms with van der Waals surface area (Å²) in [5, 5.41) is 8.78. The number of ether oxygens (including phenoxy) is 1. The fraction of sp³-hybridized carbons (Fsp3) is 0.583. The van der Waals surface area contributed by atoms with E-state index in [-0.39, 0.29) is 12.5 Å². The quantitative estimate of drug-likeness (QED) is 0.855. The van der Waals surface area contributed by atoms with Crippen LogP contribution in [0.3, 0.4) is 0 Å². The third-order valence-electron chi connectivity index (χ3n) is 2.79. The molecule has 1 saturated heterocycles. The first-order valence-electron chi connectivity index (χ1n) is 5.95. The Morgan fingerprint density at radius 1 is 1.50 bits per heavy atom. The van der Waals surface area contributed by atoms with E-state index in [9.17, 15) is 4.79 Å².